The summed E-state index contributed by atoms with van der Waals surface area (Å²) in [6, 6.07) is 9.03. The van der Waals surface area contributed by atoms with Gasteiger partial charge in [0.1, 0.15) is 17.6 Å². The van der Waals surface area contributed by atoms with Gasteiger partial charge in [-0.3, -0.25) is 24.1 Å². The number of unbranched alkanes of at least 4 members (excludes halogenated alkanes) is 1. The van der Waals surface area contributed by atoms with Crippen molar-refractivity contribution >= 4 is 35.6 Å². The molecule has 1 unspecified atom stereocenters. The molecule has 2 N–H and O–H groups in total. The molecule has 44 heavy (non-hydrogen) atoms. The summed E-state index contributed by atoms with van der Waals surface area (Å²) < 4.78 is 5.03. The van der Waals surface area contributed by atoms with Crippen LogP contribution in [0.2, 0.25) is 0 Å². The minimum Gasteiger partial charge on any atom is -0.481 e. The minimum absolute atomic E-state index is 0.0666. The van der Waals surface area contributed by atoms with Crippen LogP contribution >= 0.6 is 0 Å². The van der Waals surface area contributed by atoms with Crippen LogP contribution in [0.25, 0.3) is 11.4 Å². The number of piperazine rings is 1. The number of aromatic nitrogens is 2. The molecule has 3 rings (SSSR count). The summed E-state index contributed by atoms with van der Waals surface area (Å²) in [5, 5.41) is 12.0. The van der Waals surface area contributed by atoms with Crippen molar-refractivity contribution in [1.29, 1.82) is 0 Å². The molecule has 4 amide bonds. The van der Waals surface area contributed by atoms with Crippen LogP contribution in [0.5, 0.6) is 0 Å². The van der Waals surface area contributed by atoms with E-state index in [0.717, 1.165) is 6.42 Å². The molecular weight excluding hydrogens is 568 g/mol. The van der Waals surface area contributed by atoms with Crippen molar-refractivity contribution in [2.45, 2.75) is 71.9 Å². The Morgan fingerprint density at radius 1 is 0.977 bits per heavy atom. The Labute approximate surface area is 257 Å². The van der Waals surface area contributed by atoms with Gasteiger partial charge in [0.05, 0.1) is 6.61 Å². The molecule has 1 atom stereocenters. The highest BCUT2D eigenvalue weighted by atomic mass is 16.6. The molecule has 0 aliphatic carbocycles. The van der Waals surface area contributed by atoms with E-state index in [0.29, 0.717) is 18.4 Å². The van der Waals surface area contributed by atoms with Gasteiger partial charge in [-0.05, 0) is 33.6 Å². The second-order valence-electron chi connectivity index (χ2n) is 10.7. The maximum Gasteiger partial charge on any atom is 0.409 e. The predicted octanol–water partition coefficient (Wildman–Crippen LogP) is 3.34. The lowest BCUT2D eigenvalue weighted by Crippen LogP contribution is -2.56. The smallest absolute Gasteiger partial charge is 0.409 e. The van der Waals surface area contributed by atoms with Crippen molar-refractivity contribution in [1.82, 2.24) is 25.1 Å². The average molecular weight is 611 g/mol. The molecule has 1 aromatic carbocycles. The number of benzene rings is 1. The van der Waals surface area contributed by atoms with E-state index in [1.54, 1.807) is 31.2 Å². The van der Waals surface area contributed by atoms with Crippen LogP contribution in [-0.4, -0.2) is 99.5 Å². The van der Waals surface area contributed by atoms with Crippen LogP contribution in [0, 0.1) is 0 Å². The fourth-order valence-electron chi connectivity index (χ4n) is 4.82. The number of aliphatic carboxylic acids is 1. The summed E-state index contributed by atoms with van der Waals surface area (Å²) in [4.78, 5) is 77.5. The van der Waals surface area contributed by atoms with Crippen LogP contribution in [-0.2, 0) is 19.1 Å². The highest BCUT2D eigenvalue weighted by molar-refractivity contribution is 5.99. The number of carbonyl (C=O) groups excluding carboxylic acids is 4. The fraction of sp³-hybridized carbons (Fsp3) is 0.516. The van der Waals surface area contributed by atoms with Crippen molar-refractivity contribution in [3.8, 4) is 11.4 Å². The third kappa shape index (κ3) is 9.22. The zero-order valence-corrected chi connectivity index (χ0v) is 25.8. The van der Waals surface area contributed by atoms with Crippen molar-refractivity contribution < 1.29 is 33.8 Å². The van der Waals surface area contributed by atoms with Crippen LogP contribution in [0.4, 0.5) is 10.6 Å². The first-order valence-electron chi connectivity index (χ1n) is 15.0. The quantitative estimate of drug-likeness (QED) is 0.346. The van der Waals surface area contributed by atoms with Gasteiger partial charge >= 0.3 is 12.1 Å². The van der Waals surface area contributed by atoms with Gasteiger partial charge in [-0.25, -0.2) is 14.8 Å². The van der Waals surface area contributed by atoms with Gasteiger partial charge in [-0.15, -0.1) is 0 Å². The van der Waals surface area contributed by atoms with Crippen LogP contribution < -0.4 is 10.2 Å². The van der Waals surface area contributed by atoms with Crippen LogP contribution in [0.15, 0.2) is 36.4 Å². The number of carboxylic acid groups (broad SMARTS) is 1. The highest BCUT2D eigenvalue weighted by Crippen LogP contribution is 2.23. The molecule has 2 heterocycles. The number of rotatable bonds is 13. The van der Waals surface area contributed by atoms with E-state index in [9.17, 15) is 29.1 Å². The van der Waals surface area contributed by atoms with Crippen molar-refractivity contribution in [2.75, 3.05) is 37.7 Å². The van der Waals surface area contributed by atoms with E-state index < -0.39 is 29.9 Å². The zero-order chi connectivity index (χ0) is 32.2. The molecule has 1 aliphatic rings. The number of amides is 4. The molecule has 1 saturated heterocycles. The molecule has 0 spiro atoms. The number of carboxylic acids is 1. The third-order valence-corrected chi connectivity index (χ3v) is 7.12. The number of carbonyl (C=O) groups is 5. The first kappa shape index (κ1) is 33.9. The van der Waals surface area contributed by atoms with Gasteiger partial charge in [-0.1, -0.05) is 43.7 Å². The second-order valence-corrected chi connectivity index (χ2v) is 10.7. The lowest BCUT2D eigenvalue weighted by molar-refractivity contribution is -0.138. The van der Waals surface area contributed by atoms with E-state index in [1.165, 1.54) is 20.8 Å². The van der Waals surface area contributed by atoms with Gasteiger partial charge in [0, 0.05) is 56.7 Å². The summed E-state index contributed by atoms with van der Waals surface area (Å²) in [6.45, 7) is 8.56. The largest absolute Gasteiger partial charge is 0.481 e. The van der Waals surface area contributed by atoms with Gasteiger partial charge in [0.2, 0.25) is 11.8 Å². The summed E-state index contributed by atoms with van der Waals surface area (Å²) >= 11 is 0. The average Bonchev–Trinajstić information content (AvgIpc) is 3.01. The summed E-state index contributed by atoms with van der Waals surface area (Å²) in [5.41, 5.74) is 0.564. The molecule has 0 saturated carbocycles. The fourth-order valence-corrected chi connectivity index (χ4v) is 4.82. The number of anilines is 1. The Morgan fingerprint density at radius 3 is 2.23 bits per heavy atom. The molecule has 13 heteroatoms. The molecule has 0 bridgehead atoms. The second kappa shape index (κ2) is 16.3. The number of ether oxygens (including phenoxy) is 1. The van der Waals surface area contributed by atoms with Crippen LogP contribution in [0.3, 0.4) is 0 Å². The van der Waals surface area contributed by atoms with Crippen LogP contribution in [0.1, 0.15) is 70.3 Å². The first-order chi connectivity index (χ1) is 21.0. The lowest BCUT2D eigenvalue weighted by atomic mass is 10.1. The predicted molar refractivity (Wildman–Crippen MR) is 163 cm³/mol. The van der Waals surface area contributed by atoms with E-state index in [-0.39, 0.29) is 74.9 Å². The zero-order valence-electron chi connectivity index (χ0n) is 25.8. The number of nitrogens with zero attached hydrogens (tertiary/aromatic N) is 5. The van der Waals surface area contributed by atoms with Gasteiger partial charge in [-0.2, -0.15) is 0 Å². The molecule has 13 nitrogen and oxygen atoms in total. The van der Waals surface area contributed by atoms with Gasteiger partial charge in [0.25, 0.3) is 5.91 Å². The Hall–Kier alpha value is -4.55. The maximum atomic E-state index is 13.7. The topological polar surface area (TPSA) is 162 Å². The van der Waals surface area contributed by atoms with Crippen molar-refractivity contribution in [3.63, 3.8) is 0 Å². The number of hydrogen-bond acceptors (Lipinski definition) is 8. The third-order valence-electron chi connectivity index (χ3n) is 7.12. The number of nitrogens with one attached hydrogen (secondary N) is 1. The van der Waals surface area contributed by atoms with Gasteiger partial charge < -0.3 is 25.0 Å². The standard InChI is InChI=1S/C31H42N6O7/c1-5-7-13-26(38)37(21(3)4)25-20-24(32-28(34-25)22-11-9-8-10-12-22)29(41)33-23(14-15-27(39)40)30(42)35-16-18-36(19-17-35)31(43)44-6-2/h8-12,20-21,23H,5-7,13-19H2,1-4H3,(H,33,41)(H,39,40). The Bertz CT molecular complexity index is 1310. The first-order valence-corrected chi connectivity index (χ1v) is 15.0. The summed E-state index contributed by atoms with van der Waals surface area (Å²) in [7, 11) is 0. The molecule has 1 fully saturated rings. The van der Waals surface area contributed by atoms with E-state index in [4.69, 9.17) is 4.74 Å². The highest BCUT2D eigenvalue weighted by Gasteiger charge is 2.32. The molecule has 1 aromatic heterocycles. The van der Waals surface area contributed by atoms with Gasteiger partial charge in [0.15, 0.2) is 5.82 Å². The molecular formula is C31H42N6O7. The van der Waals surface area contributed by atoms with E-state index in [1.807, 2.05) is 26.8 Å². The Morgan fingerprint density at radius 2 is 1.64 bits per heavy atom. The monoisotopic (exact) mass is 610 g/mol. The maximum absolute atomic E-state index is 13.7. The SMILES string of the molecule is CCCCC(=O)N(c1cc(C(=O)NC(CCC(=O)O)C(=O)N2CCN(C(=O)OCC)CC2)nc(-c2ccccc2)n1)C(C)C. The lowest BCUT2D eigenvalue weighted by Gasteiger charge is -2.36. The Kier molecular flexibility index (Phi) is 12.6. The molecule has 0 radical (unpaired) electrons. The van der Waals surface area contributed by atoms with E-state index >= 15 is 0 Å². The minimum atomic E-state index is -1.15. The normalized spacial score (nSPS) is 13.8. The summed E-state index contributed by atoms with van der Waals surface area (Å²) in [5.74, 6) is -1.93. The number of hydrogen-bond donors (Lipinski definition) is 2. The summed E-state index contributed by atoms with van der Waals surface area (Å²) in [6.07, 6.45) is 0.899. The molecule has 2 aromatic rings. The van der Waals surface area contributed by atoms with E-state index in [2.05, 4.69) is 15.3 Å². The van der Waals surface area contributed by atoms with Crippen molar-refractivity contribution in [3.05, 3.63) is 42.1 Å². The molecule has 1 aliphatic heterocycles. The molecule has 238 valence electrons. The Balaban J connectivity index is 1.91. The van der Waals surface area contributed by atoms with Crippen molar-refractivity contribution in [2.24, 2.45) is 0 Å².